The van der Waals surface area contributed by atoms with E-state index in [9.17, 15) is 9.90 Å². The van der Waals surface area contributed by atoms with Gasteiger partial charge in [0.25, 0.3) is 0 Å². The third-order valence-corrected chi connectivity index (χ3v) is 3.53. The summed E-state index contributed by atoms with van der Waals surface area (Å²) in [4.78, 5) is 13.5. The molecule has 2 rings (SSSR count). The molecule has 1 aliphatic heterocycles. The van der Waals surface area contributed by atoms with Crippen molar-refractivity contribution in [1.82, 2.24) is 4.90 Å². The second kappa shape index (κ2) is 6.72. The number of benzene rings is 1. The highest BCUT2D eigenvalue weighted by Gasteiger charge is 2.21. The smallest absolute Gasteiger partial charge is 0.339 e. The summed E-state index contributed by atoms with van der Waals surface area (Å²) >= 11 is 0. The molecule has 1 aliphatic rings. The maximum atomic E-state index is 11.2. The minimum absolute atomic E-state index is 0.00930. The van der Waals surface area contributed by atoms with E-state index in [0.717, 1.165) is 25.2 Å². The van der Waals surface area contributed by atoms with Gasteiger partial charge in [0.15, 0.2) is 0 Å². The lowest BCUT2D eigenvalue weighted by atomic mass is 10.1. The molecule has 1 aromatic rings. The van der Waals surface area contributed by atoms with Crippen LogP contribution in [0.2, 0.25) is 0 Å². The molecule has 0 saturated carbocycles. The van der Waals surface area contributed by atoms with Gasteiger partial charge in [0.1, 0.15) is 24.0 Å². The van der Waals surface area contributed by atoms with E-state index in [4.69, 9.17) is 9.47 Å². The van der Waals surface area contributed by atoms with E-state index in [-0.39, 0.29) is 11.7 Å². The van der Waals surface area contributed by atoms with E-state index in [1.807, 2.05) is 13.0 Å². The minimum atomic E-state index is -0.969. The zero-order chi connectivity index (χ0) is 14.5. The Morgan fingerprint density at radius 3 is 3.05 bits per heavy atom. The van der Waals surface area contributed by atoms with Crippen molar-refractivity contribution in [2.24, 2.45) is 0 Å². The average Bonchev–Trinajstić information content (AvgIpc) is 2.45. The summed E-state index contributed by atoms with van der Waals surface area (Å²) in [6, 6.07) is 5.13. The first kappa shape index (κ1) is 14.8. The topological polar surface area (TPSA) is 59.0 Å². The van der Waals surface area contributed by atoms with Gasteiger partial charge in [0.2, 0.25) is 0 Å². The molecular weight excluding hydrogens is 258 g/mol. The summed E-state index contributed by atoms with van der Waals surface area (Å²) in [5.41, 5.74) is 1.03. The summed E-state index contributed by atoms with van der Waals surface area (Å²) in [7, 11) is 0. The zero-order valence-corrected chi connectivity index (χ0v) is 12.0. The van der Waals surface area contributed by atoms with Crippen molar-refractivity contribution >= 4 is 5.97 Å². The Morgan fingerprint density at radius 2 is 2.35 bits per heavy atom. The van der Waals surface area contributed by atoms with Crippen LogP contribution in [0.4, 0.5) is 0 Å². The quantitative estimate of drug-likeness (QED) is 0.890. The van der Waals surface area contributed by atoms with Gasteiger partial charge >= 0.3 is 5.97 Å². The molecule has 0 spiro atoms. The van der Waals surface area contributed by atoms with Crippen molar-refractivity contribution in [3.8, 4) is 5.75 Å². The van der Waals surface area contributed by atoms with Crippen LogP contribution in [-0.2, 0) is 4.74 Å². The number of aryl methyl sites for hydroxylation is 1. The second-order valence-electron chi connectivity index (χ2n) is 4.95. The maximum Gasteiger partial charge on any atom is 0.339 e. The summed E-state index contributed by atoms with van der Waals surface area (Å²) in [5.74, 6) is -0.527. The highest BCUT2D eigenvalue weighted by molar-refractivity contribution is 5.91. The molecule has 0 radical (unpaired) electrons. The normalized spacial score (nSPS) is 19.8. The van der Waals surface area contributed by atoms with Crippen molar-refractivity contribution in [3.05, 3.63) is 29.3 Å². The van der Waals surface area contributed by atoms with Gasteiger partial charge in [-0.1, -0.05) is 19.1 Å². The van der Waals surface area contributed by atoms with Crippen LogP contribution in [0.15, 0.2) is 18.2 Å². The molecule has 1 atom stereocenters. The number of para-hydroxylation sites is 1. The Labute approximate surface area is 119 Å². The third kappa shape index (κ3) is 3.49. The molecule has 0 bridgehead atoms. The largest absolute Gasteiger partial charge is 0.490 e. The lowest BCUT2D eigenvalue weighted by Gasteiger charge is -2.32. The Bertz CT molecular complexity index is 475. The van der Waals surface area contributed by atoms with Crippen LogP contribution in [-0.4, -0.2) is 54.9 Å². The molecule has 5 nitrogen and oxygen atoms in total. The standard InChI is InChI=1S/C15H21NO4/c1-3-16-7-8-19-12(9-16)10-20-14-11(2)5-4-6-13(14)15(17)18/h4-6,12H,3,7-10H2,1-2H3,(H,17,18). The van der Waals surface area contributed by atoms with Gasteiger partial charge in [0.05, 0.1) is 6.61 Å². The van der Waals surface area contributed by atoms with Gasteiger partial charge in [-0.3, -0.25) is 4.90 Å². The van der Waals surface area contributed by atoms with Crippen molar-refractivity contribution < 1.29 is 19.4 Å². The van der Waals surface area contributed by atoms with Crippen LogP contribution >= 0.6 is 0 Å². The summed E-state index contributed by atoms with van der Waals surface area (Å²) in [6.07, 6.45) is -0.00930. The monoisotopic (exact) mass is 279 g/mol. The molecule has 1 saturated heterocycles. The first-order chi connectivity index (χ1) is 9.61. The molecule has 110 valence electrons. The van der Waals surface area contributed by atoms with Crippen LogP contribution in [0.1, 0.15) is 22.8 Å². The van der Waals surface area contributed by atoms with Gasteiger partial charge in [-0.05, 0) is 25.1 Å². The highest BCUT2D eigenvalue weighted by atomic mass is 16.5. The Kier molecular flexibility index (Phi) is 4.98. The first-order valence-electron chi connectivity index (χ1n) is 6.91. The average molecular weight is 279 g/mol. The van der Waals surface area contributed by atoms with E-state index in [0.29, 0.717) is 19.0 Å². The lowest BCUT2D eigenvalue weighted by Crippen LogP contribution is -2.44. The number of ether oxygens (including phenoxy) is 2. The van der Waals surface area contributed by atoms with Crippen LogP contribution in [0, 0.1) is 6.92 Å². The third-order valence-electron chi connectivity index (χ3n) is 3.53. The van der Waals surface area contributed by atoms with E-state index in [2.05, 4.69) is 11.8 Å². The number of morpholine rings is 1. The molecule has 1 heterocycles. The van der Waals surface area contributed by atoms with E-state index < -0.39 is 5.97 Å². The van der Waals surface area contributed by atoms with Crippen LogP contribution in [0.25, 0.3) is 0 Å². The minimum Gasteiger partial charge on any atom is -0.490 e. The Morgan fingerprint density at radius 1 is 1.55 bits per heavy atom. The first-order valence-corrected chi connectivity index (χ1v) is 6.91. The van der Waals surface area contributed by atoms with Gasteiger partial charge in [-0.2, -0.15) is 0 Å². The van der Waals surface area contributed by atoms with Gasteiger partial charge in [-0.25, -0.2) is 4.79 Å². The molecule has 5 heteroatoms. The van der Waals surface area contributed by atoms with Crippen molar-refractivity contribution in [1.29, 1.82) is 0 Å². The number of aromatic carboxylic acids is 1. The lowest BCUT2D eigenvalue weighted by molar-refractivity contribution is -0.0466. The van der Waals surface area contributed by atoms with Crippen molar-refractivity contribution in [2.75, 3.05) is 32.8 Å². The van der Waals surface area contributed by atoms with Gasteiger partial charge in [0, 0.05) is 13.1 Å². The highest BCUT2D eigenvalue weighted by Crippen LogP contribution is 2.24. The van der Waals surface area contributed by atoms with Crippen molar-refractivity contribution in [3.63, 3.8) is 0 Å². The molecular formula is C15H21NO4. The number of nitrogens with zero attached hydrogens (tertiary/aromatic N) is 1. The fourth-order valence-electron chi connectivity index (χ4n) is 2.36. The molecule has 20 heavy (non-hydrogen) atoms. The fourth-order valence-corrected chi connectivity index (χ4v) is 2.36. The molecule has 0 amide bonds. The summed E-state index contributed by atoms with van der Waals surface area (Å²) in [5, 5.41) is 9.19. The second-order valence-corrected chi connectivity index (χ2v) is 4.95. The van der Waals surface area contributed by atoms with Crippen molar-refractivity contribution in [2.45, 2.75) is 20.0 Å². The molecule has 1 N–H and O–H groups in total. The number of carbonyl (C=O) groups is 1. The Hall–Kier alpha value is -1.59. The number of carboxylic acids is 1. The zero-order valence-electron chi connectivity index (χ0n) is 12.0. The summed E-state index contributed by atoms with van der Waals surface area (Å²) < 4.78 is 11.4. The van der Waals surface area contributed by atoms with Crippen LogP contribution in [0.3, 0.4) is 0 Å². The number of rotatable bonds is 5. The molecule has 0 aliphatic carbocycles. The maximum absolute atomic E-state index is 11.2. The molecule has 1 unspecified atom stereocenters. The van der Waals surface area contributed by atoms with E-state index in [1.165, 1.54) is 0 Å². The number of hydrogen-bond donors (Lipinski definition) is 1. The predicted molar refractivity (Wildman–Crippen MR) is 75.5 cm³/mol. The van der Waals surface area contributed by atoms with Gasteiger partial charge in [-0.15, -0.1) is 0 Å². The molecule has 1 aromatic carbocycles. The SMILES string of the molecule is CCN1CCOC(COc2c(C)cccc2C(=O)O)C1. The van der Waals surface area contributed by atoms with Crippen LogP contribution in [0.5, 0.6) is 5.75 Å². The van der Waals surface area contributed by atoms with E-state index >= 15 is 0 Å². The predicted octanol–water partition coefficient (Wildman–Crippen LogP) is 1.79. The Balaban J connectivity index is 2.02. The number of likely N-dealkylation sites (N-methyl/N-ethyl adjacent to an activating group) is 1. The number of hydrogen-bond acceptors (Lipinski definition) is 4. The van der Waals surface area contributed by atoms with Crippen LogP contribution < -0.4 is 4.74 Å². The van der Waals surface area contributed by atoms with E-state index in [1.54, 1.807) is 12.1 Å². The molecule has 1 fully saturated rings. The fraction of sp³-hybridized carbons (Fsp3) is 0.533. The summed E-state index contributed by atoms with van der Waals surface area (Å²) in [6.45, 7) is 7.80. The van der Waals surface area contributed by atoms with Gasteiger partial charge < -0.3 is 14.6 Å². The number of carboxylic acid groups (broad SMARTS) is 1. The molecule has 0 aromatic heterocycles.